The number of rotatable bonds is 5. The molecule has 0 aromatic heterocycles. The summed E-state index contributed by atoms with van der Waals surface area (Å²) in [4.78, 5) is 0. The standard InChI is InChI=1S/C15H14Br2N4O/c16-12-3-1-2-10(6-12)9-22-14-5-4-13(17)7-11(14)8-20-21-15(18)19/h1-8H,9H2,(H4,18,19,21). The summed E-state index contributed by atoms with van der Waals surface area (Å²) in [6, 6.07) is 13.6. The lowest BCUT2D eigenvalue weighted by atomic mass is 10.2. The smallest absolute Gasteiger partial charge is 0.211 e. The number of guanidine groups is 1. The van der Waals surface area contributed by atoms with Gasteiger partial charge in [0.15, 0.2) is 0 Å². The van der Waals surface area contributed by atoms with E-state index in [4.69, 9.17) is 16.2 Å². The highest BCUT2D eigenvalue weighted by atomic mass is 79.9. The molecule has 114 valence electrons. The molecular formula is C15H14Br2N4O. The molecule has 0 aliphatic heterocycles. The summed E-state index contributed by atoms with van der Waals surface area (Å²) in [6.45, 7) is 0.449. The summed E-state index contributed by atoms with van der Waals surface area (Å²) < 4.78 is 7.77. The van der Waals surface area contributed by atoms with Crippen molar-refractivity contribution in [2.75, 3.05) is 0 Å². The predicted octanol–water partition coefficient (Wildman–Crippen LogP) is 3.40. The number of nitrogens with two attached hydrogens (primary N) is 2. The van der Waals surface area contributed by atoms with E-state index in [9.17, 15) is 0 Å². The van der Waals surface area contributed by atoms with E-state index in [2.05, 4.69) is 42.1 Å². The number of nitrogens with zero attached hydrogens (tertiary/aromatic N) is 2. The lowest BCUT2D eigenvalue weighted by molar-refractivity contribution is 0.305. The Morgan fingerprint density at radius 2 is 1.86 bits per heavy atom. The van der Waals surface area contributed by atoms with Gasteiger partial charge in [0.25, 0.3) is 0 Å². The zero-order valence-electron chi connectivity index (χ0n) is 11.5. The highest BCUT2D eigenvalue weighted by Crippen LogP contribution is 2.23. The summed E-state index contributed by atoms with van der Waals surface area (Å²) in [5.74, 6) is 0.598. The molecule has 0 saturated carbocycles. The van der Waals surface area contributed by atoms with E-state index >= 15 is 0 Å². The van der Waals surface area contributed by atoms with E-state index in [0.717, 1.165) is 20.1 Å². The fraction of sp³-hybridized carbons (Fsp3) is 0.0667. The highest BCUT2D eigenvalue weighted by molar-refractivity contribution is 9.10. The minimum Gasteiger partial charge on any atom is -0.488 e. The van der Waals surface area contributed by atoms with Crippen molar-refractivity contribution in [3.63, 3.8) is 0 Å². The topological polar surface area (TPSA) is 86.0 Å². The Bertz CT molecular complexity index is 712. The number of hydrogen-bond donors (Lipinski definition) is 2. The lowest BCUT2D eigenvalue weighted by Gasteiger charge is -2.09. The Morgan fingerprint density at radius 3 is 2.59 bits per heavy atom. The van der Waals surface area contributed by atoms with Crippen LogP contribution in [0.3, 0.4) is 0 Å². The summed E-state index contributed by atoms with van der Waals surface area (Å²) in [5, 5.41) is 7.40. The number of halogens is 2. The highest BCUT2D eigenvalue weighted by Gasteiger charge is 2.04. The van der Waals surface area contributed by atoms with Crippen LogP contribution in [-0.4, -0.2) is 12.2 Å². The molecule has 2 rings (SSSR count). The first-order valence-electron chi connectivity index (χ1n) is 6.33. The van der Waals surface area contributed by atoms with Crippen molar-refractivity contribution in [3.8, 4) is 5.75 Å². The Morgan fingerprint density at radius 1 is 1.09 bits per heavy atom. The van der Waals surface area contributed by atoms with Crippen LogP contribution in [0.15, 0.2) is 61.6 Å². The van der Waals surface area contributed by atoms with Crippen LogP contribution in [0.4, 0.5) is 0 Å². The largest absolute Gasteiger partial charge is 0.488 e. The molecule has 7 heteroatoms. The first kappa shape index (κ1) is 16.5. The Kier molecular flexibility index (Phi) is 5.97. The van der Waals surface area contributed by atoms with Gasteiger partial charge < -0.3 is 16.2 Å². The van der Waals surface area contributed by atoms with Gasteiger partial charge in [0.2, 0.25) is 5.96 Å². The van der Waals surface area contributed by atoms with Gasteiger partial charge in [0.05, 0.1) is 6.21 Å². The normalized spacial score (nSPS) is 10.6. The third-order valence-corrected chi connectivity index (χ3v) is 3.61. The van der Waals surface area contributed by atoms with Gasteiger partial charge >= 0.3 is 0 Å². The maximum Gasteiger partial charge on any atom is 0.211 e. The monoisotopic (exact) mass is 424 g/mol. The number of hydrogen-bond acceptors (Lipinski definition) is 3. The van der Waals surface area contributed by atoms with E-state index < -0.39 is 0 Å². The fourth-order valence-corrected chi connectivity index (χ4v) is 2.52. The molecule has 0 radical (unpaired) electrons. The van der Waals surface area contributed by atoms with Crippen molar-refractivity contribution >= 4 is 44.0 Å². The van der Waals surface area contributed by atoms with Gasteiger partial charge in [-0.05, 0) is 35.9 Å². The average molecular weight is 426 g/mol. The van der Waals surface area contributed by atoms with Crippen LogP contribution in [0.5, 0.6) is 5.75 Å². The summed E-state index contributed by atoms with van der Waals surface area (Å²) >= 11 is 6.85. The average Bonchev–Trinajstić information content (AvgIpc) is 2.46. The molecule has 5 nitrogen and oxygen atoms in total. The second-order valence-electron chi connectivity index (χ2n) is 4.37. The van der Waals surface area contributed by atoms with Gasteiger partial charge in [0, 0.05) is 14.5 Å². The van der Waals surface area contributed by atoms with Gasteiger partial charge in [-0.15, -0.1) is 5.10 Å². The van der Waals surface area contributed by atoms with Gasteiger partial charge in [-0.1, -0.05) is 44.0 Å². The quantitative estimate of drug-likeness (QED) is 0.437. The van der Waals surface area contributed by atoms with E-state index in [-0.39, 0.29) is 5.96 Å². The summed E-state index contributed by atoms with van der Waals surface area (Å²) in [6.07, 6.45) is 1.54. The van der Waals surface area contributed by atoms with E-state index in [1.54, 1.807) is 6.21 Å². The van der Waals surface area contributed by atoms with Gasteiger partial charge in [-0.3, -0.25) is 0 Å². The molecule has 2 aromatic rings. The molecule has 0 aliphatic carbocycles. The third kappa shape index (κ3) is 5.16. The van der Waals surface area contributed by atoms with Crippen LogP contribution in [0.1, 0.15) is 11.1 Å². The zero-order valence-corrected chi connectivity index (χ0v) is 14.7. The maximum absolute atomic E-state index is 5.85. The van der Waals surface area contributed by atoms with Crippen molar-refractivity contribution in [2.45, 2.75) is 6.61 Å². The molecule has 0 saturated heterocycles. The van der Waals surface area contributed by atoms with Crippen LogP contribution in [0, 0.1) is 0 Å². The first-order valence-corrected chi connectivity index (χ1v) is 7.92. The molecule has 0 unspecified atom stereocenters. The fourth-order valence-electron chi connectivity index (χ4n) is 1.70. The van der Waals surface area contributed by atoms with Crippen molar-refractivity contribution in [1.82, 2.24) is 0 Å². The van der Waals surface area contributed by atoms with Gasteiger partial charge in [0.1, 0.15) is 12.4 Å². The van der Waals surface area contributed by atoms with Crippen molar-refractivity contribution in [1.29, 1.82) is 0 Å². The lowest BCUT2D eigenvalue weighted by Crippen LogP contribution is -2.21. The van der Waals surface area contributed by atoms with Gasteiger partial charge in [-0.2, -0.15) is 5.10 Å². The predicted molar refractivity (Wildman–Crippen MR) is 96.0 cm³/mol. The SMILES string of the molecule is NC(N)=NN=Cc1cc(Br)ccc1OCc1cccc(Br)c1. The molecule has 0 atom stereocenters. The Balaban J connectivity index is 2.16. The zero-order chi connectivity index (χ0) is 15.9. The molecule has 0 amide bonds. The van der Waals surface area contributed by atoms with E-state index in [1.165, 1.54) is 0 Å². The molecule has 0 heterocycles. The van der Waals surface area contributed by atoms with Crippen LogP contribution >= 0.6 is 31.9 Å². The molecule has 0 aliphatic rings. The molecular weight excluding hydrogens is 412 g/mol. The Labute approximate surface area is 145 Å². The molecule has 0 fully saturated rings. The van der Waals surface area contributed by atoms with E-state index in [0.29, 0.717) is 12.4 Å². The minimum absolute atomic E-state index is 0.0946. The third-order valence-electron chi connectivity index (χ3n) is 2.63. The first-order chi connectivity index (χ1) is 10.5. The van der Waals surface area contributed by atoms with Crippen LogP contribution in [0.25, 0.3) is 0 Å². The van der Waals surface area contributed by atoms with Crippen LogP contribution in [-0.2, 0) is 6.61 Å². The van der Waals surface area contributed by atoms with Crippen molar-refractivity contribution < 1.29 is 4.74 Å². The molecule has 4 N–H and O–H groups in total. The van der Waals surface area contributed by atoms with Gasteiger partial charge in [-0.25, -0.2) is 0 Å². The molecule has 22 heavy (non-hydrogen) atoms. The van der Waals surface area contributed by atoms with Crippen LogP contribution in [0.2, 0.25) is 0 Å². The van der Waals surface area contributed by atoms with Crippen molar-refractivity contribution in [3.05, 3.63) is 62.5 Å². The number of ether oxygens (including phenoxy) is 1. The van der Waals surface area contributed by atoms with Crippen molar-refractivity contribution in [2.24, 2.45) is 21.7 Å². The second-order valence-corrected chi connectivity index (χ2v) is 6.20. The molecule has 0 bridgehead atoms. The summed E-state index contributed by atoms with van der Waals surface area (Å²) in [7, 11) is 0. The molecule has 0 spiro atoms. The minimum atomic E-state index is -0.0946. The molecule has 2 aromatic carbocycles. The Hall–Kier alpha value is -1.86. The summed E-state index contributed by atoms with van der Waals surface area (Å²) in [5.41, 5.74) is 12.3. The van der Waals surface area contributed by atoms with Crippen LogP contribution < -0.4 is 16.2 Å². The number of benzene rings is 2. The second kappa shape index (κ2) is 7.95. The maximum atomic E-state index is 5.85. The van der Waals surface area contributed by atoms with E-state index in [1.807, 2.05) is 42.5 Å².